The average molecular weight is 188 g/mol. The van der Waals surface area contributed by atoms with E-state index in [1.807, 2.05) is 32.0 Å². The monoisotopic (exact) mass is 188 g/mol. The van der Waals surface area contributed by atoms with Crippen molar-refractivity contribution in [1.82, 2.24) is 9.88 Å². The summed E-state index contributed by atoms with van der Waals surface area (Å²) < 4.78 is 0. The maximum absolute atomic E-state index is 8.56. The van der Waals surface area contributed by atoms with Crippen molar-refractivity contribution >= 4 is 11.7 Å². The zero-order valence-corrected chi connectivity index (χ0v) is 8.52. The lowest BCUT2D eigenvalue weighted by Crippen LogP contribution is -2.17. The Morgan fingerprint density at radius 1 is 1.50 bits per heavy atom. The van der Waals surface area contributed by atoms with Crippen LogP contribution in [0.5, 0.6) is 0 Å². The van der Waals surface area contributed by atoms with Gasteiger partial charge in [-0.05, 0) is 19.1 Å². The Hall–Kier alpha value is -1.89. The van der Waals surface area contributed by atoms with E-state index in [1.165, 1.54) is 6.20 Å². The molecule has 0 saturated heterocycles. The predicted octanol–water partition coefficient (Wildman–Crippen LogP) is 1.56. The van der Waals surface area contributed by atoms with Crippen molar-refractivity contribution in [3.63, 3.8) is 0 Å². The smallest absolute Gasteiger partial charge is 0.153 e. The number of nitrogens with zero attached hydrogens (tertiary/aromatic N) is 4. The van der Waals surface area contributed by atoms with E-state index in [0.29, 0.717) is 11.4 Å². The van der Waals surface area contributed by atoms with Crippen LogP contribution in [0.4, 0.5) is 5.82 Å². The summed E-state index contributed by atoms with van der Waals surface area (Å²) >= 11 is 0. The van der Waals surface area contributed by atoms with Crippen molar-refractivity contribution in [1.29, 1.82) is 5.26 Å². The maximum atomic E-state index is 8.56. The van der Waals surface area contributed by atoms with Crippen molar-refractivity contribution in [3.05, 3.63) is 23.9 Å². The second kappa shape index (κ2) is 4.38. The molecule has 1 rings (SSSR count). The van der Waals surface area contributed by atoms with E-state index in [4.69, 9.17) is 5.26 Å². The minimum absolute atomic E-state index is 0.548. The maximum Gasteiger partial charge on any atom is 0.153 e. The molecular formula is C10H12N4. The molecule has 1 aromatic rings. The molecule has 0 bridgehead atoms. The average Bonchev–Trinajstić information content (AvgIpc) is 2.19. The van der Waals surface area contributed by atoms with E-state index in [1.54, 1.807) is 12.1 Å². The molecule has 1 aromatic heterocycles. The van der Waals surface area contributed by atoms with Crippen LogP contribution in [0.15, 0.2) is 23.3 Å². The van der Waals surface area contributed by atoms with E-state index in [-0.39, 0.29) is 0 Å². The lowest BCUT2D eigenvalue weighted by molar-refractivity contribution is 0.618. The summed E-state index contributed by atoms with van der Waals surface area (Å²) in [7, 11) is 3.84. The van der Waals surface area contributed by atoms with Gasteiger partial charge in [0.1, 0.15) is 11.9 Å². The highest BCUT2D eigenvalue weighted by molar-refractivity contribution is 5.81. The standard InChI is InChI=1S/C10H12N4/c1-8(14(2)3)13-10-5-4-9(6-11)7-12-10/h4-5,7H,1-3H3/b13-8+. The van der Waals surface area contributed by atoms with E-state index in [9.17, 15) is 0 Å². The molecule has 0 spiro atoms. The Kier molecular flexibility index (Phi) is 3.19. The predicted molar refractivity (Wildman–Crippen MR) is 55.4 cm³/mol. The van der Waals surface area contributed by atoms with Crippen molar-refractivity contribution in [2.24, 2.45) is 4.99 Å². The van der Waals surface area contributed by atoms with Gasteiger partial charge in [-0.1, -0.05) is 0 Å². The van der Waals surface area contributed by atoms with Crippen molar-refractivity contribution in [3.8, 4) is 6.07 Å². The second-order valence-corrected chi connectivity index (χ2v) is 3.07. The molecule has 0 aliphatic rings. The van der Waals surface area contributed by atoms with Gasteiger partial charge in [0.25, 0.3) is 0 Å². The van der Waals surface area contributed by atoms with Crippen LogP contribution in [-0.4, -0.2) is 29.8 Å². The van der Waals surface area contributed by atoms with Gasteiger partial charge >= 0.3 is 0 Å². The van der Waals surface area contributed by atoms with Crippen LogP contribution in [0.2, 0.25) is 0 Å². The van der Waals surface area contributed by atoms with Gasteiger partial charge in [-0.3, -0.25) is 0 Å². The molecule has 0 radical (unpaired) electrons. The summed E-state index contributed by atoms with van der Waals surface area (Å²) in [5.74, 6) is 1.50. The van der Waals surface area contributed by atoms with Gasteiger partial charge in [0.15, 0.2) is 5.82 Å². The first kappa shape index (κ1) is 10.2. The molecule has 0 saturated carbocycles. The lowest BCUT2D eigenvalue weighted by Gasteiger charge is -2.10. The number of rotatable bonds is 1. The quantitative estimate of drug-likeness (QED) is 0.496. The third-order valence-electron chi connectivity index (χ3n) is 1.80. The van der Waals surface area contributed by atoms with Crippen molar-refractivity contribution in [2.75, 3.05) is 14.1 Å². The molecule has 0 atom stereocenters. The molecule has 4 heteroatoms. The van der Waals surface area contributed by atoms with Crippen LogP contribution in [0.1, 0.15) is 12.5 Å². The Bertz CT molecular complexity index is 370. The second-order valence-electron chi connectivity index (χ2n) is 3.07. The molecule has 0 fully saturated rings. The van der Waals surface area contributed by atoms with Crippen molar-refractivity contribution in [2.45, 2.75) is 6.92 Å². The molecule has 0 unspecified atom stereocenters. The summed E-state index contributed by atoms with van der Waals surface area (Å²) in [6.07, 6.45) is 1.52. The van der Waals surface area contributed by atoms with Crippen LogP contribution in [0.25, 0.3) is 0 Å². The molecule has 0 aliphatic carbocycles. The third kappa shape index (κ3) is 2.56. The largest absolute Gasteiger partial charge is 0.366 e. The van der Waals surface area contributed by atoms with Crippen LogP contribution < -0.4 is 0 Å². The summed E-state index contributed by atoms with van der Waals surface area (Å²) in [5, 5.41) is 8.56. The number of hydrogen-bond acceptors (Lipinski definition) is 3. The van der Waals surface area contributed by atoms with E-state index >= 15 is 0 Å². The van der Waals surface area contributed by atoms with Gasteiger partial charge in [0.05, 0.1) is 5.56 Å². The fourth-order valence-corrected chi connectivity index (χ4v) is 0.784. The zero-order valence-electron chi connectivity index (χ0n) is 8.52. The van der Waals surface area contributed by atoms with Gasteiger partial charge < -0.3 is 4.90 Å². The molecule has 0 N–H and O–H groups in total. The lowest BCUT2D eigenvalue weighted by atomic mass is 10.3. The van der Waals surface area contributed by atoms with Gasteiger partial charge in [-0.25, -0.2) is 9.98 Å². The number of aliphatic imine (C=N–C) groups is 1. The minimum atomic E-state index is 0.548. The first-order valence-electron chi connectivity index (χ1n) is 4.22. The Balaban J connectivity index is 2.89. The molecule has 0 aromatic carbocycles. The Morgan fingerprint density at radius 3 is 2.64 bits per heavy atom. The Labute approximate surface area is 83.5 Å². The van der Waals surface area contributed by atoms with E-state index < -0.39 is 0 Å². The summed E-state index contributed by atoms with van der Waals surface area (Å²) in [5.41, 5.74) is 0.548. The number of pyridine rings is 1. The summed E-state index contributed by atoms with van der Waals surface area (Å²) in [6.45, 7) is 1.90. The minimum Gasteiger partial charge on any atom is -0.366 e. The van der Waals surface area contributed by atoms with Gasteiger partial charge in [-0.2, -0.15) is 5.26 Å². The highest BCUT2D eigenvalue weighted by atomic mass is 15.1. The third-order valence-corrected chi connectivity index (χ3v) is 1.80. The van der Waals surface area contributed by atoms with Gasteiger partial charge in [-0.15, -0.1) is 0 Å². The zero-order chi connectivity index (χ0) is 10.6. The number of hydrogen-bond donors (Lipinski definition) is 0. The van der Waals surface area contributed by atoms with Crippen LogP contribution in [0, 0.1) is 11.3 Å². The first-order valence-corrected chi connectivity index (χ1v) is 4.22. The normalized spacial score (nSPS) is 10.9. The topological polar surface area (TPSA) is 52.3 Å². The van der Waals surface area contributed by atoms with Gasteiger partial charge in [0.2, 0.25) is 0 Å². The SMILES string of the molecule is C/C(=N\c1ccc(C#N)cn1)N(C)C. The highest BCUT2D eigenvalue weighted by Crippen LogP contribution is 2.08. The van der Waals surface area contributed by atoms with E-state index in [2.05, 4.69) is 9.98 Å². The number of nitriles is 1. The Morgan fingerprint density at radius 2 is 2.21 bits per heavy atom. The molecule has 0 aliphatic heterocycles. The molecule has 1 heterocycles. The molecular weight excluding hydrogens is 176 g/mol. The van der Waals surface area contributed by atoms with Crippen LogP contribution in [0.3, 0.4) is 0 Å². The first-order chi connectivity index (χ1) is 6.63. The fourth-order valence-electron chi connectivity index (χ4n) is 0.784. The molecule has 14 heavy (non-hydrogen) atoms. The molecule has 72 valence electrons. The fraction of sp³-hybridized carbons (Fsp3) is 0.300. The van der Waals surface area contributed by atoms with E-state index in [0.717, 1.165) is 5.84 Å². The summed E-state index contributed by atoms with van der Waals surface area (Å²) in [4.78, 5) is 10.2. The highest BCUT2D eigenvalue weighted by Gasteiger charge is 1.96. The van der Waals surface area contributed by atoms with Crippen LogP contribution >= 0.6 is 0 Å². The number of amidine groups is 1. The van der Waals surface area contributed by atoms with Crippen molar-refractivity contribution < 1.29 is 0 Å². The number of aromatic nitrogens is 1. The molecule has 4 nitrogen and oxygen atoms in total. The van der Waals surface area contributed by atoms with Crippen LogP contribution in [-0.2, 0) is 0 Å². The molecule has 0 amide bonds. The summed E-state index contributed by atoms with van der Waals surface area (Å²) in [6, 6.07) is 5.44. The van der Waals surface area contributed by atoms with Gasteiger partial charge in [0, 0.05) is 20.3 Å².